The van der Waals surface area contributed by atoms with Crippen LogP contribution >= 0.6 is 15.9 Å². The fourth-order valence-corrected chi connectivity index (χ4v) is 2.13. The van der Waals surface area contributed by atoms with Gasteiger partial charge >= 0.3 is 0 Å². The van der Waals surface area contributed by atoms with Crippen molar-refractivity contribution in [2.24, 2.45) is 5.73 Å². The van der Waals surface area contributed by atoms with Crippen LogP contribution in [0.15, 0.2) is 22.7 Å². The fraction of sp³-hybridized carbons (Fsp3) is 0.462. The number of nitrogens with one attached hydrogen (secondary N) is 1. The zero-order valence-corrected chi connectivity index (χ0v) is 12.3. The van der Waals surface area contributed by atoms with Crippen LogP contribution in [0.5, 0.6) is 0 Å². The Morgan fingerprint density at radius 1 is 1.50 bits per heavy atom. The predicted molar refractivity (Wildman–Crippen MR) is 76.2 cm³/mol. The van der Waals surface area contributed by atoms with E-state index in [4.69, 9.17) is 11.1 Å². The van der Waals surface area contributed by atoms with Crippen molar-refractivity contribution in [2.75, 3.05) is 6.54 Å². The molecule has 0 amide bonds. The molecule has 5 heteroatoms. The smallest absolute Gasteiger partial charge is 0.124 e. The van der Waals surface area contributed by atoms with E-state index in [1.165, 1.54) is 12.1 Å². The molecule has 0 fully saturated rings. The van der Waals surface area contributed by atoms with Gasteiger partial charge in [0, 0.05) is 30.0 Å². The second kappa shape index (κ2) is 6.85. The molecule has 0 radical (unpaired) electrons. The summed E-state index contributed by atoms with van der Waals surface area (Å²) in [5.74, 6) is -0.0516. The maximum Gasteiger partial charge on any atom is 0.124 e. The topological polar surface area (TPSA) is 53.1 Å². The van der Waals surface area contributed by atoms with Crippen molar-refractivity contribution in [1.29, 1.82) is 5.41 Å². The van der Waals surface area contributed by atoms with Gasteiger partial charge in [0.1, 0.15) is 5.82 Å². The van der Waals surface area contributed by atoms with E-state index in [1.54, 1.807) is 6.07 Å². The molecule has 1 aromatic rings. The number of nitrogens with two attached hydrogens (primary N) is 1. The minimum atomic E-state index is -0.245. The number of nitrogens with zero attached hydrogens (tertiary/aromatic N) is 1. The van der Waals surface area contributed by atoms with Crippen LogP contribution in [0.2, 0.25) is 0 Å². The maximum absolute atomic E-state index is 13.0. The van der Waals surface area contributed by atoms with Gasteiger partial charge in [0.05, 0.1) is 5.84 Å². The van der Waals surface area contributed by atoms with E-state index in [1.807, 2.05) is 0 Å². The SMILES string of the molecule is CC(C)N(CCC(=N)N)Cc1ccc(F)cc1Br. The molecule has 0 bridgehead atoms. The Morgan fingerprint density at radius 3 is 2.67 bits per heavy atom. The summed E-state index contributed by atoms with van der Waals surface area (Å²) < 4.78 is 13.8. The van der Waals surface area contributed by atoms with E-state index >= 15 is 0 Å². The second-order valence-electron chi connectivity index (χ2n) is 4.58. The molecule has 1 rings (SSSR count). The minimum Gasteiger partial charge on any atom is -0.388 e. The summed E-state index contributed by atoms with van der Waals surface area (Å²) in [4.78, 5) is 2.21. The molecule has 3 N–H and O–H groups in total. The number of hydrogen-bond acceptors (Lipinski definition) is 2. The van der Waals surface area contributed by atoms with Crippen molar-refractivity contribution < 1.29 is 4.39 Å². The average molecular weight is 316 g/mol. The number of amidine groups is 1. The van der Waals surface area contributed by atoms with Crippen molar-refractivity contribution in [3.05, 3.63) is 34.1 Å². The molecule has 100 valence electrons. The van der Waals surface area contributed by atoms with Crippen LogP contribution in [-0.2, 0) is 6.54 Å². The van der Waals surface area contributed by atoms with Gasteiger partial charge in [-0.1, -0.05) is 22.0 Å². The van der Waals surface area contributed by atoms with Crippen molar-refractivity contribution in [2.45, 2.75) is 32.9 Å². The third kappa shape index (κ3) is 4.74. The highest BCUT2D eigenvalue weighted by molar-refractivity contribution is 9.10. The third-order valence-electron chi connectivity index (χ3n) is 2.79. The molecule has 0 heterocycles. The van der Waals surface area contributed by atoms with Gasteiger partial charge in [0.25, 0.3) is 0 Å². The van der Waals surface area contributed by atoms with Gasteiger partial charge in [-0.25, -0.2) is 4.39 Å². The Bertz CT molecular complexity index is 421. The highest BCUT2D eigenvalue weighted by Gasteiger charge is 2.12. The van der Waals surface area contributed by atoms with Crippen LogP contribution in [0.3, 0.4) is 0 Å². The van der Waals surface area contributed by atoms with E-state index in [0.29, 0.717) is 19.0 Å². The summed E-state index contributed by atoms with van der Waals surface area (Å²) in [6.07, 6.45) is 0.553. The van der Waals surface area contributed by atoms with Crippen molar-refractivity contribution in [3.8, 4) is 0 Å². The third-order valence-corrected chi connectivity index (χ3v) is 3.53. The molecule has 3 nitrogen and oxygen atoms in total. The summed E-state index contributed by atoms with van der Waals surface area (Å²) in [6.45, 7) is 5.64. The van der Waals surface area contributed by atoms with E-state index < -0.39 is 0 Å². The molecular formula is C13H19BrFN3. The Labute approximate surface area is 116 Å². The molecule has 0 spiro atoms. The van der Waals surface area contributed by atoms with Crippen LogP contribution in [-0.4, -0.2) is 23.3 Å². The summed E-state index contributed by atoms with van der Waals surface area (Å²) in [7, 11) is 0. The lowest BCUT2D eigenvalue weighted by Gasteiger charge is -2.26. The molecule has 18 heavy (non-hydrogen) atoms. The van der Waals surface area contributed by atoms with Crippen LogP contribution < -0.4 is 5.73 Å². The van der Waals surface area contributed by atoms with Crippen LogP contribution in [0.1, 0.15) is 25.8 Å². The first-order valence-electron chi connectivity index (χ1n) is 5.91. The lowest BCUT2D eigenvalue weighted by molar-refractivity contribution is 0.218. The number of hydrogen-bond donors (Lipinski definition) is 2. The fourth-order valence-electron chi connectivity index (χ4n) is 1.65. The molecule has 0 saturated heterocycles. The zero-order valence-electron chi connectivity index (χ0n) is 10.7. The van der Waals surface area contributed by atoms with Gasteiger partial charge in [0.15, 0.2) is 0 Å². The Morgan fingerprint density at radius 2 is 2.17 bits per heavy atom. The van der Waals surface area contributed by atoms with E-state index in [0.717, 1.165) is 16.6 Å². The first kappa shape index (κ1) is 15.1. The number of rotatable bonds is 6. The van der Waals surface area contributed by atoms with Gasteiger partial charge in [-0.3, -0.25) is 10.3 Å². The van der Waals surface area contributed by atoms with Crippen molar-refractivity contribution in [1.82, 2.24) is 4.90 Å². The second-order valence-corrected chi connectivity index (χ2v) is 5.43. The molecule has 0 atom stereocenters. The van der Waals surface area contributed by atoms with Crippen LogP contribution in [0.25, 0.3) is 0 Å². The van der Waals surface area contributed by atoms with Gasteiger partial charge in [-0.15, -0.1) is 0 Å². The van der Waals surface area contributed by atoms with Gasteiger partial charge < -0.3 is 5.73 Å². The molecule has 0 aliphatic heterocycles. The van der Waals surface area contributed by atoms with Gasteiger partial charge in [-0.05, 0) is 31.5 Å². The normalized spacial score (nSPS) is 11.2. The number of benzene rings is 1. The standard InChI is InChI=1S/C13H19BrFN3/c1-9(2)18(6-5-13(16)17)8-10-3-4-11(15)7-12(10)14/h3-4,7,9H,5-6,8H2,1-2H3,(H3,16,17). The molecule has 0 unspecified atom stereocenters. The van der Waals surface area contributed by atoms with Crippen molar-refractivity contribution in [3.63, 3.8) is 0 Å². The quantitative estimate of drug-likeness (QED) is 0.626. The Kier molecular flexibility index (Phi) is 5.75. The molecule has 0 aliphatic carbocycles. The van der Waals surface area contributed by atoms with E-state index in [-0.39, 0.29) is 11.7 Å². The number of halogens is 2. The average Bonchev–Trinajstić information content (AvgIpc) is 2.26. The molecule has 0 aliphatic rings. The summed E-state index contributed by atoms with van der Waals surface area (Å²) in [6, 6.07) is 5.06. The van der Waals surface area contributed by atoms with Crippen molar-refractivity contribution >= 4 is 21.8 Å². The van der Waals surface area contributed by atoms with E-state index in [2.05, 4.69) is 34.7 Å². The predicted octanol–water partition coefficient (Wildman–Crippen LogP) is 3.12. The lowest BCUT2D eigenvalue weighted by Crippen LogP contribution is -2.33. The highest BCUT2D eigenvalue weighted by atomic mass is 79.9. The zero-order chi connectivity index (χ0) is 13.7. The molecule has 0 aromatic heterocycles. The Hall–Kier alpha value is -0.940. The minimum absolute atomic E-state index is 0.193. The first-order valence-corrected chi connectivity index (χ1v) is 6.70. The summed E-state index contributed by atoms with van der Waals surface area (Å²) >= 11 is 3.37. The molecular weight excluding hydrogens is 297 g/mol. The van der Waals surface area contributed by atoms with Crippen LogP contribution in [0.4, 0.5) is 4.39 Å². The van der Waals surface area contributed by atoms with Gasteiger partial charge in [-0.2, -0.15) is 0 Å². The molecule has 0 saturated carbocycles. The first-order chi connectivity index (χ1) is 8.40. The molecule has 1 aromatic carbocycles. The summed E-state index contributed by atoms with van der Waals surface area (Å²) in [5, 5.41) is 7.27. The largest absolute Gasteiger partial charge is 0.388 e. The monoisotopic (exact) mass is 315 g/mol. The Balaban J connectivity index is 2.73. The summed E-state index contributed by atoms with van der Waals surface area (Å²) in [5.41, 5.74) is 6.42. The van der Waals surface area contributed by atoms with Gasteiger partial charge in [0.2, 0.25) is 0 Å². The lowest BCUT2D eigenvalue weighted by atomic mass is 10.1. The maximum atomic E-state index is 13.0. The van der Waals surface area contributed by atoms with Crippen LogP contribution in [0, 0.1) is 11.2 Å². The van der Waals surface area contributed by atoms with E-state index in [9.17, 15) is 4.39 Å². The highest BCUT2D eigenvalue weighted by Crippen LogP contribution is 2.20.